The van der Waals surface area contributed by atoms with Crippen LogP contribution in [0, 0.1) is 0 Å². The number of nitrogens with one attached hydrogen (secondary N) is 2. The molecule has 0 radical (unpaired) electrons. The zero-order valence-corrected chi connectivity index (χ0v) is 20.4. The zero-order valence-electron chi connectivity index (χ0n) is 20.4. The van der Waals surface area contributed by atoms with Crippen LogP contribution >= 0.6 is 0 Å². The maximum atomic E-state index is 13.6. The first kappa shape index (κ1) is 26.3. The maximum absolute atomic E-state index is 13.6. The number of methoxy groups -OCH3 is 1. The Morgan fingerprint density at radius 3 is 1.97 bits per heavy atom. The highest BCUT2D eigenvalue weighted by Crippen LogP contribution is 2.25. The highest BCUT2D eigenvalue weighted by atomic mass is 16.5. The molecule has 3 aromatic rings. The van der Waals surface area contributed by atoms with E-state index in [-0.39, 0.29) is 17.8 Å². The summed E-state index contributed by atoms with van der Waals surface area (Å²) in [6.07, 6.45) is 0.910. The van der Waals surface area contributed by atoms with E-state index in [1.807, 2.05) is 84.9 Å². The Hall–Kier alpha value is -4.33. The summed E-state index contributed by atoms with van der Waals surface area (Å²) < 4.78 is 5.18. The Morgan fingerprint density at radius 1 is 0.861 bits per heavy atom. The SMILES string of the molecule is COc1ccc(CNC(=O)[C@H](CCCN=C(N)N)NC(=O)C(c2ccccc2)c2ccccc2)cc1. The molecule has 0 saturated heterocycles. The average Bonchev–Trinajstić information content (AvgIpc) is 2.90. The van der Waals surface area contributed by atoms with Gasteiger partial charge in [0, 0.05) is 13.1 Å². The lowest BCUT2D eigenvalue weighted by atomic mass is 9.90. The van der Waals surface area contributed by atoms with Crippen LogP contribution in [0.1, 0.15) is 35.4 Å². The van der Waals surface area contributed by atoms with Crippen molar-refractivity contribution in [3.8, 4) is 5.75 Å². The van der Waals surface area contributed by atoms with Gasteiger partial charge in [0.1, 0.15) is 11.8 Å². The fraction of sp³-hybridized carbons (Fsp3) is 0.250. The van der Waals surface area contributed by atoms with E-state index >= 15 is 0 Å². The number of nitrogens with zero attached hydrogens (tertiary/aromatic N) is 1. The lowest BCUT2D eigenvalue weighted by Gasteiger charge is -2.23. The van der Waals surface area contributed by atoms with Crippen LogP contribution in [0.3, 0.4) is 0 Å². The summed E-state index contributed by atoms with van der Waals surface area (Å²) in [7, 11) is 1.60. The van der Waals surface area contributed by atoms with Gasteiger partial charge in [-0.1, -0.05) is 72.8 Å². The van der Waals surface area contributed by atoms with Crippen LogP contribution in [0.5, 0.6) is 5.75 Å². The van der Waals surface area contributed by atoms with E-state index in [0.717, 1.165) is 22.4 Å². The fourth-order valence-electron chi connectivity index (χ4n) is 3.87. The predicted octanol–water partition coefficient (Wildman–Crippen LogP) is 2.68. The van der Waals surface area contributed by atoms with Gasteiger partial charge in [-0.25, -0.2) is 0 Å². The third kappa shape index (κ3) is 7.87. The van der Waals surface area contributed by atoms with Crippen molar-refractivity contribution < 1.29 is 14.3 Å². The number of aliphatic imine (C=N–C) groups is 1. The zero-order chi connectivity index (χ0) is 25.8. The van der Waals surface area contributed by atoms with Crippen molar-refractivity contribution in [3.05, 3.63) is 102 Å². The monoisotopic (exact) mass is 487 g/mol. The van der Waals surface area contributed by atoms with Crippen LogP contribution in [-0.2, 0) is 16.1 Å². The minimum absolute atomic E-state index is 0.00670. The van der Waals surface area contributed by atoms with Crippen molar-refractivity contribution in [2.45, 2.75) is 31.3 Å². The summed E-state index contributed by atoms with van der Waals surface area (Å²) in [6, 6.07) is 25.7. The van der Waals surface area contributed by atoms with Gasteiger partial charge < -0.3 is 26.8 Å². The van der Waals surface area contributed by atoms with E-state index < -0.39 is 12.0 Å². The van der Waals surface area contributed by atoms with Gasteiger partial charge in [-0.15, -0.1) is 0 Å². The lowest BCUT2D eigenvalue weighted by molar-refractivity contribution is -0.129. The molecular weight excluding hydrogens is 454 g/mol. The van der Waals surface area contributed by atoms with Crippen molar-refractivity contribution in [2.75, 3.05) is 13.7 Å². The first-order valence-corrected chi connectivity index (χ1v) is 11.8. The second kappa shape index (κ2) is 13.5. The van der Waals surface area contributed by atoms with Crippen LogP contribution in [0.2, 0.25) is 0 Å². The van der Waals surface area contributed by atoms with Crippen LogP contribution < -0.4 is 26.8 Å². The van der Waals surface area contributed by atoms with Crippen molar-refractivity contribution in [1.82, 2.24) is 10.6 Å². The number of hydrogen-bond acceptors (Lipinski definition) is 4. The van der Waals surface area contributed by atoms with Crippen LogP contribution in [0.4, 0.5) is 0 Å². The van der Waals surface area contributed by atoms with Gasteiger partial charge in [0.25, 0.3) is 0 Å². The van der Waals surface area contributed by atoms with Gasteiger partial charge in [-0.05, 0) is 41.7 Å². The van der Waals surface area contributed by atoms with Crippen molar-refractivity contribution in [2.24, 2.45) is 16.5 Å². The Bertz CT molecular complexity index is 1090. The first-order valence-electron chi connectivity index (χ1n) is 11.8. The summed E-state index contributed by atoms with van der Waals surface area (Å²) in [5, 5.41) is 5.90. The number of nitrogens with two attached hydrogens (primary N) is 2. The van der Waals surface area contributed by atoms with E-state index in [1.165, 1.54) is 0 Å². The number of guanidine groups is 1. The number of amides is 2. The molecule has 6 N–H and O–H groups in total. The fourth-order valence-corrected chi connectivity index (χ4v) is 3.87. The molecule has 8 heteroatoms. The molecular formula is C28H33N5O3. The Morgan fingerprint density at radius 2 is 1.44 bits per heavy atom. The summed E-state index contributed by atoms with van der Waals surface area (Å²) in [5.41, 5.74) is 13.5. The third-order valence-electron chi connectivity index (χ3n) is 5.73. The Labute approximate surface area is 211 Å². The van der Waals surface area contributed by atoms with Gasteiger partial charge in [0.05, 0.1) is 13.0 Å². The summed E-state index contributed by atoms with van der Waals surface area (Å²) in [6.45, 7) is 0.686. The molecule has 1 atom stereocenters. The van der Waals surface area contributed by atoms with Crippen molar-refractivity contribution in [3.63, 3.8) is 0 Å². The van der Waals surface area contributed by atoms with Gasteiger partial charge in [0.15, 0.2) is 5.96 Å². The first-order chi connectivity index (χ1) is 17.5. The van der Waals surface area contributed by atoms with E-state index in [1.54, 1.807) is 7.11 Å². The molecule has 188 valence electrons. The van der Waals surface area contributed by atoms with E-state index in [0.29, 0.717) is 25.9 Å². The number of benzene rings is 3. The molecule has 0 unspecified atom stereocenters. The molecule has 3 rings (SSSR count). The number of hydrogen-bond donors (Lipinski definition) is 4. The normalized spacial score (nSPS) is 11.4. The minimum atomic E-state index is -0.750. The second-order valence-corrected chi connectivity index (χ2v) is 8.33. The molecule has 0 aliphatic carbocycles. The molecule has 36 heavy (non-hydrogen) atoms. The highest BCUT2D eigenvalue weighted by molar-refractivity contribution is 5.92. The molecule has 0 fully saturated rings. The number of ether oxygens (including phenoxy) is 1. The van der Waals surface area contributed by atoms with E-state index in [9.17, 15) is 9.59 Å². The Balaban J connectivity index is 1.76. The average molecular weight is 488 g/mol. The number of carbonyl (C=O) groups is 2. The molecule has 0 saturated carbocycles. The lowest BCUT2D eigenvalue weighted by Crippen LogP contribution is -2.48. The van der Waals surface area contributed by atoms with Gasteiger partial charge in [0.2, 0.25) is 11.8 Å². The molecule has 0 aliphatic rings. The minimum Gasteiger partial charge on any atom is -0.497 e. The van der Waals surface area contributed by atoms with Crippen LogP contribution in [0.15, 0.2) is 89.9 Å². The smallest absolute Gasteiger partial charge is 0.242 e. The second-order valence-electron chi connectivity index (χ2n) is 8.33. The van der Waals surface area contributed by atoms with Crippen LogP contribution in [0.25, 0.3) is 0 Å². The molecule has 2 amide bonds. The molecule has 0 bridgehead atoms. The Kier molecular flexibility index (Phi) is 9.88. The highest BCUT2D eigenvalue weighted by Gasteiger charge is 2.27. The molecule has 0 aromatic heterocycles. The molecule has 3 aromatic carbocycles. The maximum Gasteiger partial charge on any atom is 0.242 e. The van der Waals surface area contributed by atoms with Gasteiger partial charge in [-0.2, -0.15) is 0 Å². The standard InChI is InChI=1S/C28H33N5O3/c1-36-23-16-14-20(15-17-23)19-32-26(34)24(13-8-18-31-28(29)30)33-27(35)25(21-9-4-2-5-10-21)22-11-6-3-7-12-22/h2-7,9-12,14-17,24-25H,8,13,18-19H2,1H3,(H,32,34)(H,33,35)(H4,29,30,31)/t24-/m0/s1. The van der Waals surface area contributed by atoms with Crippen molar-refractivity contribution >= 4 is 17.8 Å². The molecule has 0 aliphatic heterocycles. The molecule has 0 spiro atoms. The summed E-state index contributed by atoms with van der Waals surface area (Å²) in [4.78, 5) is 30.7. The number of rotatable bonds is 12. The van der Waals surface area contributed by atoms with Crippen LogP contribution in [-0.4, -0.2) is 37.5 Å². The molecule has 8 nitrogen and oxygen atoms in total. The third-order valence-corrected chi connectivity index (χ3v) is 5.73. The number of carbonyl (C=O) groups excluding carboxylic acids is 2. The summed E-state index contributed by atoms with van der Waals surface area (Å²) >= 11 is 0. The van der Waals surface area contributed by atoms with Gasteiger partial charge >= 0.3 is 0 Å². The van der Waals surface area contributed by atoms with Gasteiger partial charge in [-0.3, -0.25) is 14.6 Å². The quantitative estimate of drug-likeness (QED) is 0.177. The molecule has 0 heterocycles. The predicted molar refractivity (Wildman–Crippen MR) is 141 cm³/mol. The summed E-state index contributed by atoms with van der Waals surface area (Å²) in [5.74, 6) is -0.347. The van der Waals surface area contributed by atoms with E-state index in [2.05, 4.69) is 15.6 Å². The van der Waals surface area contributed by atoms with E-state index in [4.69, 9.17) is 16.2 Å². The van der Waals surface area contributed by atoms with Crippen molar-refractivity contribution in [1.29, 1.82) is 0 Å². The topological polar surface area (TPSA) is 132 Å². The largest absolute Gasteiger partial charge is 0.497 e.